The number of ether oxygens (including phenoxy) is 5. The minimum absolute atomic E-state index is 0.0395. The van der Waals surface area contributed by atoms with Gasteiger partial charge < -0.3 is 28.8 Å². The molecule has 4 bridgehead atoms. The van der Waals surface area contributed by atoms with E-state index in [2.05, 4.69) is 26.8 Å². The van der Waals surface area contributed by atoms with Crippen LogP contribution in [0, 0.1) is 45.8 Å². The molecule has 7 unspecified atom stereocenters. The number of aliphatic carboxylic acids is 1. The van der Waals surface area contributed by atoms with Gasteiger partial charge in [0.05, 0.1) is 32.3 Å². The van der Waals surface area contributed by atoms with Crippen LogP contribution in [0.3, 0.4) is 0 Å². The Morgan fingerprint density at radius 3 is 2.54 bits per heavy atom. The summed E-state index contributed by atoms with van der Waals surface area (Å²) in [6.45, 7) is 9.59. The summed E-state index contributed by atoms with van der Waals surface area (Å²) in [5.41, 5.74) is -1.41. The highest BCUT2D eigenvalue weighted by atomic mass is 16.7. The molecule has 2 heterocycles. The van der Waals surface area contributed by atoms with Crippen molar-refractivity contribution in [3.63, 3.8) is 0 Å². The van der Waals surface area contributed by atoms with Gasteiger partial charge in [0.1, 0.15) is 11.5 Å². The van der Waals surface area contributed by atoms with Gasteiger partial charge >= 0.3 is 5.97 Å². The van der Waals surface area contributed by atoms with E-state index in [1.807, 2.05) is 6.92 Å². The van der Waals surface area contributed by atoms with Crippen molar-refractivity contribution in [3.05, 3.63) is 11.6 Å². The Balaban J connectivity index is 1.44. The van der Waals surface area contributed by atoms with E-state index in [0.29, 0.717) is 25.0 Å². The number of carboxylic acid groups (broad SMARTS) is 1. The smallest absolute Gasteiger partial charge is 0.315 e. The van der Waals surface area contributed by atoms with E-state index < -0.39 is 47.0 Å². The highest BCUT2D eigenvalue weighted by molar-refractivity contribution is 5.85. The molecule has 10 atom stereocenters. The first-order valence-electron chi connectivity index (χ1n) is 14.2. The van der Waals surface area contributed by atoms with E-state index in [0.717, 1.165) is 31.3 Å². The van der Waals surface area contributed by atoms with Gasteiger partial charge in [-0.1, -0.05) is 38.8 Å². The standard InChI is InChI=1S/C29H42O8/c1-15(2)21-10-18-12-28(26-34-8-9-35-26)20-7-6-16(3)19(20)13-27(18,29(21,28)25(31)32)14-36-23-11-22(30)24(33-5)17(4)37-23/h10,15-20,23-24,26H,6-9,11-14H2,1-5H3,(H,31,32)/t16?,17-,18?,19?,20?,23-,24-,27?,28?,29?/m1/s1. The van der Waals surface area contributed by atoms with E-state index in [-0.39, 0.29) is 36.6 Å². The summed E-state index contributed by atoms with van der Waals surface area (Å²) in [5, 5.41) is 11.4. The van der Waals surface area contributed by atoms with Crippen molar-refractivity contribution in [2.24, 2.45) is 45.8 Å². The maximum absolute atomic E-state index is 13.9. The number of fused-ring (bicyclic) bond motifs is 2. The lowest BCUT2D eigenvalue weighted by Gasteiger charge is -2.61. The molecule has 206 valence electrons. The van der Waals surface area contributed by atoms with E-state index >= 15 is 0 Å². The summed E-state index contributed by atoms with van der Waals surface area (Å²) in [4.78, 5) is 26.6. The second-order valence-corrected chi connectivity index (χ2v) is 12.9. The van der Waals surface area contributed by atoms with Gasteiger partial charge in [-0.3, -0.25) is 9.59 Å². The predicted octanol–water partition coefficient (Wildman–Crippen LogP) is 3.82. The van der Waals surface area contributed by atoms with Crippen molar-refractivity contribution in [3.8, 4) is 0 Å². The van der Waals surface area contributed by atoms with Crippen molar-refractivity contribution < 1.29 is 38.4 Å². The zero-order chi connectivity index (χ0) is 26.3. The van der Waals surface area contributed by atoms with Crippen molar-refractivity contribution in [1.29, 1.82) is 0 Å². The van der Waals surface area contributed by atoms with Gasteiger partial charge in [0.15, 0.2) is 18.4 Å². The topological polar surface area (TPSA) is 101 Å². The summed E-state index contributed by atoms with van der Waals surface area (Å²) in [6, 6.07) is 0. The van der Waals surface area contributed by atoms with Crippen LogP contribution < -0.4 is 0 Å². The first kappa shape index (κ1) is 25.9. The minimum Gasteiger partial charge on any atom is -0.481 e. The van der Waals surface area contributed by atoms with Crippen LogP contribution in [0.4, 0.5) is 0 Å². The van der Waals surface area contributed by atoms with E-state index in [9.17, 15) is 14.7 Å². The number of ketones is 1. The van der Waals surface area contributed by atoms with Crippen LogP contribution in [-0.2, 0) is 33.3 Å². The van der Waals surface area contributed by atoms with Crippen molar-refractivity contribution in [2.45, 2.75) is 84.6 Å². The molecule has 2 saturated heterocycles. The fraction of sp³-hybridized carbons (Fsp3) is 0.862. The molecule has 8 nitrogen and oxygen atoms in total. The normalized spacial score (nSPS) is 49.1. The molecule has 1 N–H and O–H groups in total. The lowest BCUT2D eigenvalue weighted by Crippen LogP contribution is -2.66. The predicted molar refractivity (Wildman–Crippen MR) is 132 cm³/mol. The van der Waals surface area contributed by atoms with Gasteiger partial charge in [0.2, 0.25) is 0 Å². The molecule has 0 amide bonds. The van der Waals surface area contributed by atoms with Crippen LogP contribution in [0.15, 0.2) is 11.6 Å². The highest BCUT2D eigenvalue weighted by Gasteiger charge is 2.86. The third kappa shape index (κ3) is 3.14. The summed E-state index contributed by atoms with van der Waals surface area (Å²) >= 11 is 0. The molecule has 0 aromatic rings. The first-order valence-corrected chi connectivity index (χ1v) is 14.2. The fourth-order valence-electron chi connectivity index (χ4n) is 10.1. The third-order valence-corrected chi connectivity index (χ3v) is 11.2. The lowest BCUT2D eigenvalue weighted by atomic mass is 9.42. The second kappa shape index (κ2) is 8.85. The zero-order valence-electron chi connectivity index (χ0n) is 22.7. The Labute approximate surface area is 219 Å². The molecular weight excluding hydrogens is 476 g/mol. The minimum atomic E-state index is -1.14. The molecule has 6 rings (SSSR count). The summed E-state index contributed by atoms with van der Waals surface area (Å²) in [6.07, 6.45) is 3.77. The van der Waals surface area contributed by atoms with Crippen molar-refractivity contribution in [2.75, 3.05) is 26.9 Å². The Morgan fingerprint density at radius 1 is 1.19 bits per heavy atom. The maximum Gasteiger partial charge on any atom is 0.315 e. The maximum atomic E-state index is 13.9. The van der Waals surface area contributed by atoms with Crippen LogP contribution in [0.1, 0.15) is 59.8 Å². The van der Waals surface area contributed by atoms with Gasteiger partial charge in [-0.2, -0.15) is 0 Å². The Morgan fingerprint density at radius 2 is 1.92 bits per heavy atom. The molecule has 3 saturated carbocycles. The molecule has 4 aliphatic carbocycles. The number of hydrogen-bond acceptors (Lipinski definition) is 7. The SMILES string of the molecule is CO[C@H]1C(=O)C[C@H](OCC23CC4C(C)CCC4C4(C5OCCO5)CC2C=C(C(C)C)C34C(=O)O)O[C@@H]1C. The fourth-order valence-corrected chi connectivity index (χ4v) is 10.1. The first-order chi connectivity index (χ1) is 17.6. The average molecular weight is 519 g/mol. The quantitative estimate of drug-likeness (QED) is 0.508. The van der Waals surface area contributed by atoms with Crippen molar-refractivity contribution >= 4 is 11.8 Å². The van der Waals surface area contributed by atoms with Gasteiger partial charge in [-0.15, -0.1) is 0 Å². The van der Waals surface area contributed by atoms with Gasteiger partial charge in [-0.05, 0) is 55.8 Å². The number of Topliss-reactive ketones (excluding diaryl/α,β-unsaturated/α-hetero) is 1. The molecule has 2 aliphatic heterocycles. The van der Waals surface area contributed by atoms with Crippen molar-refractivity contribution in [1.82, 2.24) is 0 Å². The third-order valence-electron chi connectivity index (χ3n) is 11.2. The largest absolute Gasteiger partial charge is 0.481 e. The summed E-state index contributed by atoms with van der Waals surface area (Å²) < 4.78 is 30.4. The van der Waals surface area contributed by atoms with Crippen LogP contribution >= 0.6 is 0 Å². The molecular formula is C29H42O8. The van der Waals surface area contributed by atoms with E-state index in [1.54, 1.807) is 0 Å². The molecule has 8 heteroatoms. The summed E-state index contributed by atoms with van der Waals surface area (Å²) in [5.74, 6) is 0.439. The Kier molecular flexibility index (Phi) is 6.20. The Hall–Kier alpha value is -1.32. The van der Waals surface area contributed by atoms with E-state index in [4.69, 9.17) is 23.7 Å². The van der Waals surface area contributed by atoms with Crippen LogP contribution in [0.25, 0.3) is 0 Å². The number of carbonyl (C=O) groups excluding carboxylic acids is 1. The molecule has 0 radical (unpaired) electrons. The second-order valence-electron chi connectivity index (χ2n) is 12.9. The van der Waals surface area contributed by atoms with Crippen LogP contribution in [0.5, 0.6) is 0 Å². The molecule has 0 spiro atoms. The molecule has 6 aliphatic rings. The van der Waals surface area contributed by atoms with Crippen LogP contribution in [-0.4, -0.2) is 68.6 Å². The zero-order valence-corrected chi connectivity index (χ0v) is 22.7. The number of rotatable bonds is 7. The Bertz CT molecular complexity index is 986. The van der Waals surface area contributed by atoms with Gasteiger partial charge in [-0.25, -0.2) is 0 Å². The molecule has 37 heavy (non-hydrogen) atoms. The molecule has 0 aromatic heterocycles. The molecule has 0 aromatic carbocycles. The van der Waals surface area contributed by atoms with Gasteiger partial charge in [0, 0.05) is 17.9 Å². The average Bonchev–Trinajstić information content (AvgIpc) is 3.60. The van der Waals surface area contributed by atoms with E-state index in [1.165, 1.54) is 7.11 Å². The molecule has 5 fully saturated rings. The number of methoxy groups -OCH3 is 1. The van der Waals surface area contributed by atoms with Gasteiger partial charge in [0.25, 0.3) is 0 Å². The summed E-state index contributed by atoms with van der Waals surface area (Å²) in [7, 11) is 1.52. The number of hydrogen-bond donors (Lipinski definition) is 1. The van der Waals surface area contributed by atoms with Crippen LogP contribution in [0.2, 0.25) is 0 Å². The monoisotopic (exact) mass is 518 g/mol. The number of carboxylic acids is 1. The number of allylic oxidation sites excluding steroid dienone is 1. The lowest BCUT2D eigenvalue weighted by molar-refractivity contribution is -0.262. The number of carbonyl (C=O) groups is 2. The highest BCUT2D eigenvalue weighted by Crippen LogP contribution is 2.84.